The van der Waals surface area contributed by atoms with E-state index in [1.165, 1.54) is 0 Å². The van der Waals surface area contributed by atoms with Crippen LogP contribution in [0.2, 0.25) is 0 Å². The molecule has 6 heteroatoms. The molecule has 1 aliphatic rings. The molecule has 17 heavy (non-hydrogen) atoms. The van der Waals surface area contributed by atoms with Crippen LogP contribution in [0.1, 0.15) is 26.2 Å². The van der Waals surface area contributed by atoms with Crippen LogP contribution in [0.4, 0.5) is 5.82 Å². The molecule has 2 unspecified atom stereocenters. The first-order valence-electron chi connectivity index (χ1n) is 5.80. The lowest BCUT2D eigenvalue weighted by molar-refractivity contribution is -0.120. The lowest BCUT2D eigenvalue weighted by Crippen LogP contribution is -2.34. The smallest absolute Gasteiger partial charge is 0.230 e. The second kappa shape index (κ2) is 6.02. The molecular formula is C11H19ClN4O. The molecule has 1 saturated carbocycles. The molecule has 1 aromatic rings. The second-order valence-electron chi connectivity index (χ2n) is 4.22. The van der Waals surface area contributed by atoms with Crippen molar-refractivity contribution in [1.82, 2.24) is 9.78 Å². The normalized spacial score (nSPS) is 23.2. The van der Waals surface area contributed by atoms with E-state index in [-0.39, 0.29) is 30.3 Å². The minimum Gasteiger partial charge on any atom is -0.327 e. The van der Waals surface area contributed by atoms with Gasteiger partial charge in [0, 0.05) is 18.7 Å². The Balaban J connectivity index is 0.00000144. The average Bonchev–Trinajstić information content (AvgIpc) is 2.86. The van der Waals surface area contributed by atoms with Crippen LogP contribution < -0.4 is 11.1 Å². The summed E-state index contributed by atoms with van der Waals surface area (Å²) in [5.41, 5.74) is 5.90. The topological polar surface area (TPSA) is 72.9 Å². The molecule has 3 N–H and O–H groups in total. The molecule has 0 aromatic carbocycles. The highest BCUT2D eigenvalue weighted by Gasteiger charge is 2.30. The summed E-state index contributed by atoms with van der Waals surface area (Å²) < 4.78 is 1.76. The Bertz CT molecular complexity index is 379. The van der Waals surface area contributed by atoms with Gasteiger partial charge in [0.2, 0.25) is 5.91 Å². The number of hydrogen-bond acceptors (Lipinski definition) is 3. The Kier molecular flexibility index (Phi) is 4.96. The van der Waals surface area contributed by atoms with Gasteiger partial charge in [0.25, 0.3) is 0 Å². The molecule has 1 amide bonds. The molecular weight excluding hydrogens is 240 g/mol. The number of amides is 1. The fourth-order valence-electron chi connectivity index (χ4n) is 2.22. The van der Waals surface area contributed by atoms with Crippen LogP contribution in [-0.2, 0) is 11.3 Å². The highest BCUT2D eigenvalue weighted by Crippen LogP contribution is 2.25. The minimum absolute atomic E-state index is 0. The number of nitrogens with two attached hydrogens (primary N) is 1. The summed E-state index contributed by atoms with van der Waals surface area (Å²) in [4.78, 5) is 12.0. The monoisotopic (exact) mass is 258 g/mol. The summed E-state index contributed by atoms with van der Waals surface area (Å²) in [7, 11) is 0. The molecule has 2 atom stereocenters. The van der Waals surface area contributed by atoms with E-state index in [1.54, 1.807) is 10.9 Å². The zero-order valence-electron chi connectivity index (χ0n) is 9.93. The first-order chi connectivity index (χ1) is 7.72. The third kappa shape index (κ3) is 2.98. The van der Waals surface area contributed by atoms with E-state index in [9.17, 15) is 4.79 Å². The molecule has 96 valence electrons. The first-order valence-corrected chi connectivity index (χ1v) is 5.80. The number of nitrogens with one attached hydrogen (secondary N) is 1. The Hall–Kier alpha value is -1.07. The highest BCUT2D eigenvalue weighted by atomic mass is 35.5. The fourth-order valence-corrected chi connectivity index (χ4v) is 2.22. The van der Waals surface area contributed by atoms with Gasteiger partial charge in [0.05, 0.1) is 12.1 Å². The van der Waals surface area contributed by atoms with Gasteiger partial charge < -0.3 is 11.1 Å². The predicted molar refractivity (Wildman–Crippen MR) is 69.1 cm³/mol. The van der Waals surface area contributed by atoms with Gasteiger partial charge in [-0.25, -0.2) is 4.68 Å². The van der Waals surface area contributed by atoms with E-state index in [0.717, 1.165) is 31.6 Å². The number of halogens is 1. The number of aromatic nitrogens is 2. The lowest BCUT2D eigenvalue weighted by Gasteiger charge is -2.15. The maximum absolute atomic E-state index is 12.0. The van der Waals surface area contributed by atoms with Gasteiger partial charge in [-0.15, -0.1) is 12.4 Å². The SMILES string of the molecule is CCn1nccc1NC(=O)C1CCCC1N.Cl. The van der Waals surface area contributed by atoms with Crippen LogP contribution >= 0.6 is 12.4 Å². The van der Waals surface area contributed by atoms with Gasteiger partial charge in [0.15, 0.2) is 0 Å². The number of nitrogens with zero attached hydrogens (tertiary/aromatic N) is 2. The van der Waals surface area contributed by atoms with Crippen molar-refractivity contribution in [2.24, 2.45) is 11.7 Å². The summed E-state index contributed by atoms with van der Waals surface area (Å²) in [5.74, 6) is 0.743. The first kappa shape index (κ1) is 14.0. The number of anilines is 1. The van der Waals surface area contributed by atoms with Crippen LogP contribution in [0, 0.1) is 5.92 Å². The zero-order chi connectivity index (χ0) is 11.5. The van der Waals surface area contributed by atoms with Crippen molar-refractivity contribution in [2.45, 2.75) is 38.8 Å². The van der Waals surface area contributed by atoms with Crippen molar-refractivity contribution in [3.05, 3.63) is 12.3 Å². The third-order valence-electron chi connectivity index (χ3n) is 3.17. The molecule has 5 nitrogen and oxygen atoms in total. The summed E-state index contributed by atoms with van der Waals surface area (Å²) in [6.45, 7) is 2.74. The molecule has 1 fully saturated rings. The minimum atomic E-state index is -0.0415. The largest absolute Gasteiger partial charge is 0.327 e. The van der Waals surface area contributed by atoms with Crippen molar-refractivity contribution >= 4 is 24.1 Å². The van der Waals surface area contributed by atoms with Crippen molar-refractivity contribution in [3.8, 4) is 0 Å². The summed E-state index contributed by atoms with van der Waals surface area (Å²) in [6.07, 6.45) is 4.58. The van der Waals surface area contributed by atoms with Crippen LogP contribution in [0.15, 0.2) is 12.3 Å². The van der Waals surface area contributed by atoms with Gasteiger partial charge in [-0.05, 0) is 19.8 Å². The van der Waals surface area contributed by atoms with Gasteiger partial charge in [-0.3, -0.25) is 4.79 Å². The number of rotatable bonds is 3. The molecule has 2 rings (SSSR count). The standard InChI is InChI=1S/C11H18N4O.ClH/c1-2-15-10(6-7-13-15)14-11(16)8-4-3-5-9(8)12;/h6-9H,2-5,12H2,1H3,(H,14,16);1H. The average molecular weight is 259 g/mol. The maximum atomic E-state index is 12.0. The van der Waals surface area contributed by atoms with Gasteiger partial charge in [-0.1, -0.05) is 6.42 Å². The van der Waals surface area contributed by atoms with E-state index >= 15 is 0 Å². The number of hydrogen-bond donors (Lipinski definition) is 2. The molecule has 1 aromatic heterocycles. The van der Waals surface area contributed by atoms with E-state index < -0.39 is 0 Å². The molecule has 0 saturated heterocycles. The molecule has 1 heterocycles. The number of carbonyl (C=O) groups is 1. The molecule has 1 aliphatic carbocycles. The summed E-state index contributed by atoms with van der Waals surface area (Å²) in [6, 6.07) is 1.82. The van der Waals surface area contributed by atoms with E-state index in [4.69, 9.17) is 5.73 Å². The Morgan fingerprint density at radius 1 is 1.65 bits per heavy atom. The van der Waals surface area contributed by atoms with Gasteiger partial charge in [-0.2, -0.15) is 5.10 Å². The quantitative estimate of drug-likeness (QED) is 0.861. The van der Waals surface area contributed by atoms with Crippen LogP contribution in [0.5, 0.6) is 0 Å². The zero-order valence-corrected chi connectivity index (χ0v) is 10.7. The fraction of sp³-hybridized carbons (Fsp3) is 0.636. The Labute approximate surface area is 107 Å². The molecule has 0 radical (unpaired) electrons. The van der Waals surface area contributed by atoms with E-state index in [2.05, 4.69) is 10.4 Å². The predicted octanol–water partition coefficient (Wildman–Crippen LogP) is 1.39. The van der Waals surface area contributed by atoms with Gasteiger partial charge >= 0.3 is 0 Å². The van der Waals surface area contributed by atoms with Crippen LogP contribution in [0.25, 0.3) is 0 Å². The number of carbonyl (C=O) groups excluding carboxylic acids is 1. The Morgan fingerprint density at radius 3 is 3.00 bits per heavy atom. The second-order valence-corrected chi connectivity index (χ2v) is 4.22. The molecule has 0 spiro atoms. The van der Waals surface area contributed by atoms with Gasteiger partial charge in [0.1, 0.15) is 5.82 Å². The van der Waals surface area contributed by atoms with Crippen LogP contribution in [-0.4, -0.2) is 21.7 Å². The Morgan fingerprint density at radius 2 is 2.41 bits per heavy atom. The summed E-state index contributed by atoms with van der Waals surface area (Å²) in [5, 5.41) is 7.00. The van der Waals surface area contributed by atoms with Crippen molar-refractivity contribution < 1.29 is 4.79 Å². The highest BCUT2D eigenvalue weighted by molar-refractivity contribution is 5.92. The third-order valence-corrected chi connectivity index (χ3v) is 3.17. The van der Waals surface area contributed by atoms with Crippen LogP contribution in [0.3, 0.4) is 0 Å². The van der Waals surface area contributed by atoms with E-state index in [1.807, 2.05) is 13.0 Å². The maximum Gasteiger partial charge on any atom is 0.230 e. The van der Waals surface area contributed by atoms with Crippen molar-refractivity contribution in [3.63, 3.8) is 0 Å². The number of aryl methyl sites for hydroxylation is 1. The van der Waals surface area contributed by atoms with Crippen molar-refractivity contribution in [2.75, 3.05) is 5.32 Å². The summed E-state index contributed by atoms with van der Waals surface area (Å²) >= 11 is 0. The lowest BCUT2D eigenvalue weighted by atomic mass is 10.0. The molecule has 0 aliphatic heterocycles. The van der Waals surface area contributed by atoms with Crippen molar-refractivity contribution in [1.29, 1.82) is 0 Å². The molecule has 0 bridgehead atoms. The van der Waals surface area contributed by atoms with E-state index in [0.29, 0.717) is 0 Å².